The van der Waals surface area contributed by atoms with Gasteiger partial charge in [-0.15, -0.1) is 0 Å². The van der Waals surface area contributed by atoms with Crippen LogP contribution in [0.4, 0.5) is 13.2 Å². The van der Waals surface area contributed by atoms with E-state index in [9.17, 15) is 28.2 Å². The van der Waals surface area contributed by atoms with Crippen molar-refractivity contribution < 1.29 is 28.2 Å². The predicted molar refractivity (Wildman–Crippen MR) is 61.2 cm³/mol. The lowest BCUT2D eigenvalue weighted by Gasteiger charge is -2.18. The van der Waals surface area contributed by atoms with Gasteiger partial charge in [0, 0.05) is 0 Å². The summed E-state index contributed by atoms with van der Waals surface area (Å²) in [4.78, 5) is 10.6. The normalized spacial score (nSPS) is 15.1. The number of carbonyl (C=O) groups excluding carboxylic acids is 1. The topological polar surface area (TPSA) is 83.6 Å². The molecule has 1 amide bonds. The molecule has 2 atom stereocenters. The van der Waals surface area contributed by atoms with Crippen molar-refractivity contribution in [2.75, 3.05) is 0 Å². The molecule has 4 nitrogen and oxygen atoms in total. The van der Waals surface area contributed by atoms with Crippen molar-refractivity contribution in [3.63, 3.8) is 0 Å². The van der Waals surface area contributed by atoms with Crippen LogP contribution in [-0.2, 0) is 11.0 Å². The minimum absolute atomic E-state index is 0.203. The van der Waals surface area contributed by atoms with Gasteiger partial charge in [-0.2, -0.15) is 13.2 Å². The minimum atomic E-state index is -4.68. The van der Waals surface area contributed by atoms with Crippen molar-refractivity contribution in [2.45, 2.75) is 24.8 Å². The Morgan fingerprint density at radius 1 is 1.37 bits per heavy atom. The first-order valence-corrected chi connectivity index (χ1v) is 5.51. The molecule has 0 saturated carbocycles. The summed E-state index contributed by atoms with van der Waals surface area (Å²) in [6, 6.07) is 2.71. The lowest BCUT2D eigenvalue weighted by atomic mass is 10.00. The highest BCUT2D eigenvalue weighted by molar-refractivity contribution is 6.31. The maximum atomic E-state index is 12.6. The van der Waals surface area contributed by atoms with Gasteiger partial charge in [0.25, 0.3) is 0 Å². The molecule has 0 aliphatic carbocycles. The molecular weight excluding hydrogens is 287 g/mol. The van der Waals surface area contributed by atoms with Crippen LogP contribution in [-0.4, -0.2) is 22.2 Å². The van der Waals surface area contributed by atoms with Crippen molar-refractivity contribution in [1.82, 2.24) is 0 Å². The van der Waals surface area contributed by atoms with E-state index in [0.29, 0.717) is 6.07 Å². The number of aliphatic hydroxyl groups excluding tert-OH is 2. The van der Waals surface area contributed by atoms with Gasteiger partial charge in [-0.1, -0.05) is 17.7 Å². The van der Waals surface area contributed by atoms with Gasteiger partial charge in [0.1, 0.15) is 6.10 Å². The van der Waals surface area contributed by atoms with Crippen LogP contribution >= 0.6 is 11.6 Å². The van der Waals surface area contributed by atoms with Crippen molar-refractivity contribution in [2.24, 2.45) is 5.73 Å². The summed E-state index contributed by atoms with van der Waals surface area (Å²) in [5.41, 5.74) is 3.49. The fourth-order valence-electron chi connectivity index (χ4n) is 1.48. The van der Waals surface area contributed by atoms with Crippen LogP contribution in [0, 0.1) is 0 Å². The SMILES string of the molecule is NC(=O)CC(O)C(O)c1ccc(Cl)c(C(F)(F)F)c1. The summed E-state index contributed by atoms with van der Waals surface area (Å²) in [5.74, 6) is -0.878. The Kier molecular flexibility index (Phi) is 4.78. The van der Waals surface area contributed by atoms with Crippen molar-refractivity contribution >= 4 is 17.5 Å². The summed E-state index contributed by atoms with van der Waals surface area (Å²) in [5, 5.41) is 18.6. The number of hydrogen-bond acceptors (Lipinski definition) is 3. The zero-order valence-electron chi connectivity index (χ0n) is 9.49. The van der Waals surface area contributed by atoms with Crippen LogP contribution in [0.3, 0.4) is 0 Å². The Balaban J connectivity index is 3.05. The first-order valence-electron chi connectivity index (χ1n) is 5.14. The molecule has 0 heterocycles. The van der Waals surface area contributed by atoms with Gasteiger partial charge >= 0.3 is 6.18 Å². The third-order valence-corrected chi connectivity index (χ3v) is 2.74. The molecule has 0 radical (unpaired) electrons. The first-order chi connectivity index (χ1) is 8.62. The number of benzene rings is 1. The van der Waals surface area contributed by atoms with Gasteiger partial charge in [-0.05, 0) is 17.7 Å². The van der Waals surface area contributed by atoms with Crippen LogP contribution in [0.15, 0.2) is 18.2 Å². The molecule has 0 fully saturated rings. The van der Waals surface area contributed by atoms with E-state index in [-0.39, 0.29) is 5.56 Å². The van der Waals surface area contributed by atoms with E-state index >= 15 is 0 Å². The molecule has 1 rings (SSSR count). The largest absolute Gasteiger partial charge is 0.417 e. The van der Waals surface area contributed by atoms with Crippen LogP contribution in [0.5, 0.6) is 0 Å². The lowest BCUT2D eigenvalue weighted by Crippen LogP contribution is -2.25. The number of aliphatic hydroxyl groups is 2. The van der Waals surface area contributed by atoms with Crippen molar-refractivity contribution in [3.8, 4) is 0 Å². The number of rotatable bonds is 4. The van der Waals surface area contributed by atoms with E-state index in [4.69, 9.17) is 17.3 Å². The lowest BCUT2D eigenvalue weighted by molar-refractivity contribution is -0.137. The second-order valence-corrected chi connectivity index (χ2v) is 4.33. The fourth-order valence-corrected chi connectivity index (χ4v) is 1.71. The molecule has 0 aliphatic heterocycles. The van der Waals surface area contributed by atoms with E-state index in [2.05, 4.69) is 0 Å². The van der Waals surface area contributed by atoms with E-state index < -0.39 is 41.3 Å². The monoisotopic (exact) mass is 297 g/mol. The Labute approximate surface area is 111 Å². The fraction of sp³-hybridized carbons (Fsp3) is 0.364. The summed E-state index contributed by atoms with van der Waals surface area (Å²) >= 11 is 5.41. The maximum Gasteiger partial charge on any atom is 0.417 e. The number of alkyl halides is 3. The summed E-state index contributed by atoms with van der Waals surface area (Å²) in [6.07, 6.45) is -8.49. The number of nitrogens with two attached hydrogens (primary N) is 1. The molecule has 0 aromatic heterocycles. The van der Waals surface area contributed by atoms with Crippen LogP contribution in [0.2, 0.25) is 5.02 Å². The molecule has 106 valence electrons. The Hall–Kier alpha value is -1.31. The number of carbonyl (C=O) groups is 1. The number of amides is 1. The molecule has 2 unspecified atom stereocenters. The van der Waals surface area contributed by atoms with Crippen LogP contribution < -0.4 is 5.73 Å². The molecule has 0 saturated heterocycles. The Morgan fingerprint density at radius 2 is 1.95 bits per heavy atom. The standard InChI is InChI=1S/C11H11ClF3NO3/c12-7-2-1-5(3-6(7)11(13,14)15)10(19)8(17)4-9(16)18/h1-3,8,10,17,19H,4H2,(H2,16,18). The highest BCUT2D eigenvalue weighted by Crippen LogP contribution is 2.36. The quantitative estimate of drug-likeness (QED) is 0.790. The Bertz CT molecular complexity index is 479. The molecule has 19 heavy (non-hydrogen) atoms. The van der Waals surface area contributed by atoms with Gasteiger partial charge in [0.15, 0.2) is 0 Å². The third kappa shape index (κ3) is 4.09. The summed E-state index contributed by atoms with van der Waals surface area (Å²) in [6.45, 7) is 0. The average molecular weight is 298 g/mol. The second-order valence-electron chi connectivity index (χ2n) is 3.92. The van der Waals surface area contributed by atoms with Gasteiger partial charge in [0.05, 0.1) is 23.1 Å². The zero-order chi connectivity index (χ0) is 14.8. The second kappa shape index (κ2) is 5.77. The summed E-state index contributed by atoms with van der Waals surface area (Å²) < 4.78 is 37.8. The highest BCUT2D eigenvalue weighted by Gasteiger charge is 2.34. The zero-order valence-corrected chi connectivity index (χ0v) is 10.2. The third-order valence-electron chi connectivity index (χ3n) is 2.41. The van der Waals surface area contributed by atoms with Crippen LogP contribution in [0.1, 0.15) is 23.7 Å². The molecule has 1 aromatic carbocycles. The highest BCUT2D eigenvalue weighted by atomic mass is 35.5. The molecule has 0 bridgehead atoms. The Morgan fingerprint density at radius 3 is 2.42 bits per heavy atom. The van der Waals surface area contributed by atoms with Crippen molar-refractivity contribution in [1.29, 1.82) is 0 Å². The predicted octanol–water partition coefficient (Wildman–Crippen LogP) is 1.63. The van der Waals surface area contributed by atoms with Gasteiger partial charge in [-0.3, -0.25) is 4.79 Å². The molecule has 0 spiro atoms. The molecule has 0 aliphatic rings. The molecule has 8 heteroatoms. The van der Waals surface area contributed by atoms with E-state index in [0.717, 1.165) is 12.1 Å². The number of halogens is 4. The number of hydrogen-bond donors (Lipinski definition) is 3. The molecule has 1 aromatic rings. The first kappa shape index (κ1) is 15.7. The minimum Gasteiger partial charge on any atom is -0.390 e. The van der Waals surface area contributed by atoms with Crippen LogP contribution in [0.25, 0.3) is 0 Å². The number of primary amides is 1. The van der Waals surface area contributed by atoms with E-state index in [1.54, 1.807) is 0 Å². The molecular formula is C11H11ClF3NO3. The van der Waals surface area contributed by atoms with E-state index in [1.165, 1.54) is 0 Å². The van der Waals surface area contributed by atoms with Gasteiger partial charge in [-0.25, -0.2) is 0 Å². The average Bonchev–Trinajstić information content (AvgIpc) is 2.26. The molecule has 4 N–H and O–H groups in total. The summed E-state index contributed by atoms with van der Waals surface area (Å²) in [7, 11) is 0. The van der Waals surface area contributed by atoms with E-state index in [1.807, 2.05) is 0 Å². The van der Waals surface area contributed by atoms with Crippen molar-refractivity contribution in [3.05, 3.63) is 34.3 Å². The smallest absolute Gasteiger partial charge is 0.390 e. The van der Waals surface area contributed by atoms with Gasteiger partial charge in [0.2, 0.25) is 5.91 Å². The maximum absolute atomic E-state index is 12.6. The van der Waals surface area contributed by atoms with Gasteiger partial charge < -0.3 is 15.9 Å².